The lowest BCUT2D eigenvalue weighted by molar-refractivity contribution is -0.119. The van der Waals surface area contributed by atoms with Crippen molar-refractivity contribution in [3.63, 3.8) is 0 Å². The van der Waals surface area contributed by atoms with Gasteiger partial charge in [-0.3, -0.25) is 4.79 Å². The zero-order valence-corrected chi connectivity index (χ0v) is 15.8. The summed E-state index contributed by atoms with van der Waals surface area (Å²) in [6, 6.07) is 12.2. The topological polar surface area (TPSA) is 38.3 Å². The van der Waals surface area contributed by atoms with Crippen molar-refractivity contribution in [3.8, 4) is 5.75 Å². The van der Waals surface area contributed by atoms with E-state index in [1.165, 1.54) is 23.4 Å². The van der Waals surface area contributed by atoms with Gasteiger partial charge < -0.3 is 10.1 Å². The van der Waals surface area contributed by atoms with Crippen LogP contribution in [0.5, 0.6) is 5.75 Å². The van der Waals surface area contributed by atoms with Crippen molar-refractivity contribution >= 4 is 29.3 Å². The molecule has 0 saturated heterocycles. The number of nitrogens with one attached hydrogen (secondary N) is 1. The Kier molecular flexibility index (Phi) is 7.59. The molecule has 0 bridgehead atoms. The largest absolute Gasteiger partial charge is 0.491 e. The number of benzene rings is 2. The molecular formula is C19H21ClFNO2S. The summed E-state index contributed by atoms with van der Waals surface area (Å²) in [5.74, 6) is 1.01. The van der Waals surface area contributed by atoms with E-state index in [0.717, 1.165) is 5.75 Å². The third-order valence-corrected chi connectivity index (χ3v) is 4.65. The molecule has 0 unspecified atom stereocenters. The van der Waals surface area contributed by atoms with Gasteiger partial charge in [-0.25, -0.2) is 4.39 Å². The van der Waals surface area contributed by atoms with Crippen molar-refractivity contribution in [2.45, 2.75) is 25.6 Å². The highest BCUT2D eigenvalue weighted by Crippen LogP contribution is 2.19. The van der Waals surface area contributed by atoms with Gasteiger partial charge in [-0.05, 0) is 43.7 Å². The SMILES string of the molecule is Cc1ccc(OC[C@H](C)NC(=O)CSCc2ccc(Cl)cc2F)cc1. The van der Waals surface area contributed by atoms with Crippen LogP contribution in [0.3, 0.4) is 0 Å². The van der Waals surface area contributed by atoms with Gasteiger partial charge in [-0.1, -0.05) is 35.4 Å². The Morgan fingerprint density at radius 2 is 2.00 bits per heavy atom. The first kappa shape index (κ1) is 19.6. The van der Waals surface area contributed by atoms with Crippen molar-refractivity contribution in [1.29, 1.82) is 0 Å². The lowest BCUT2D eigenvalue weighted by Gasteiger charge is -2.15. The van der Waals surface area contributed by atoms with Crippen LogP contribution in [0.25, 0.3) is 0 Å². The van der Waals surface area contributed by atoms with Gasteiger partial charge in [0.15, 0.2) is 0 Å². The van der Waals surface area contributed by atoms with Crippen LogP contribution in [0, 0.1) is 12.7 Å². The maximum Gasteiger partial charge on any atom is 0.230 e. The molecule has 0 fully saturated rings. The second-order valence-corrected chi connectivity index (χ2v) is 7.24. The van der Waals surface area contributed by atoms with Gasteiger partial charge in [0.05, 0.1) is 11.8 Å². The molecule has 2 aromatic rings. The number of ether oxygens (including phenoxy) is 1. The third-order valence-electron chi connectivity index (χ3n) is 3.43. The summed E-state index contributed by atoms with van der Waals surface area (Å²) in [6.07, 6.45) is 0. The van der Waals surface area contributed by atoms with Crippen LogP contribution in [-0.4, -0.2) is 24.3 Å². The third kappa shape index (κ3) is 6.96. The van der Waals surface area contributed by atoms with E-state index in [1.807, 2.05) is 38.1 Å². The Balaban J connectivity index is 1.67. The highest BCUT2D eigenvalue weighted by Gasteiger charge is 2.09. The number of amides is 1. The van der Waals surface area contributed by atoms with Crippen LogP contribution < -0.4 is 10.1 Å². The number of carbonyl (C=O) groups excluding carboxylic acids is 1. The van der Waals surface area contributed by atoms with Gasteiger partial charge in [-0.15, -0.1) is 11.8 Å². The van der Waals surface area contributed by atoms with Crippen LogP contribution in [0.4, 0.5) is 4.39 Å². The summed E-state index contributed by atoms with van der Waals surface area (Å²) in [7, 11) is 0. The highest BCUT2D eigenvalue weighted by molar-refractivity contribution is 7.99. The molecule has 3 nitrogen and oxygen atoms in total. The molecule has 2 rings (SSSR count). The second-order valence-electron chi connectivity index (χ2n) is 5.82. The van der Waals surface area contributed by atoms with Crippen molar-refractivity contribution < 1.29 is 13.9 Å². The lowest BCUT2D eigenvalue weighted by atomic mass is 10.2. The molecule has 0 radical (unpaired) electrons. The number of carbonyl (C=O) groups is 1. The first-order valence-corrected chi connectivity index (χ1v) is 9.48. The monoisotopic (exact) mass is 381 g/mol. The standard InChI is InChI=1S/C19H21ClFNO2S/c1-13-3-7-17(8-4-13)24-10-14(2)22-19(23)12-25-11-15-5-6-16(20)9-18(15)21/h3-9,14H,10-12H2,1-2H3,(H,22,23)/t14-/m0/s1. The molecule has 1 N–H and O–H groups in total. The molecule has 1 amide bonds. The average molecular weight is 382 g/mol. The van der Waals surface area contributed by atoms with E-state index in [-0.39, 0.29) is 23.5 Å². The normalized spacial score (nSPS) is 11.8. The van der Waals surface area contributed by atoms with E-state index in [1.54, 1.807) is 12.1 Å². The average Bonchev–Trinajstić information content (AvgIpc) is 2.56. The lowest BCUT2D eigenvalue weighted by Crippen LogP contribution is -2.37. The van der Waals surface area contributed by atoms with Gasteiger partial charge in [0.25, 0.3) is 0 Å². The Hall–Kier alpha value is -1.72. The number of hydrogen-bond donors (Lipinski definition) is 1. The highest BCUT2D eigenvalue weighted by atomic mass is 35.5. The number of aryl methyl sites for hydroxylation is 1. The maximum atomic E-state index is 13.7. The molecule has 0 saturated carbocycles. The second kappa shape index (κ2) is 9.68. The number of halogens is 2. The quantitative estimate of drug-likeness (QED) is 0.726. The van der Waals surface area contributed by atoms with Gasteiger partial charge in [-0.2, -0.15) is 0 Å². The minimum Gasteiger partial charge on any atom is -0.491 e. The summed E-state index contributed by atoms with van der Waals surface area (Å²) in [5.41, 5.74) is 1.71. The Bertz CT molecular complexity index is 709. The number of thioether (sulfide) groups is 1. The number of hydrogen-bond acceptors (Lipinski definition) is 3. The van der Waals surface area contributed by atoms with E-state index >= 15 is 0 Å². The molecule has 0 heterocycles. The first-order valence-electron chi connectivity index (χ1n) is 7.94. The van der Waals surface area contributed by atoms with Crippen molar-refractivity contribution in [2.75, 3.05) is 12.4 Å². The summed E-state index contributed by atoms with van der Waals surface area (Å²) in [4.78, 5) is 11.9. The van der Waals surface area contributed by atoms with Crippen molar-refractivity contribution in [3.05, 3.63) is 64.4 Å². The molecule has 134 valence electrons. The molecular weight excluding hydrogens is 361 g/mol. The van der Waals surface area contributed by atoms with E-state index in [2.05, 4.69) is 5.32 Å². The molecule has 0 aliphatic carbocycles. The first-order chi connectivity index (χ1) is 11.9. The van der Waals surface area contributed by atoms with Crippen molar-refractivity contribution in [2.24, 2.45) is 0 Å². The van der Waals surface area contributed by atoms with E-state index < -0.39 is 0 Å². The molecule has 1 atom stereocenters. The Labute approximate surface area is 156 Å². The van der Waals surface area contributed by atoms with E-state index in [0.29, 0.717) is 22.9 Å². The van der Waals surface area contributed by atoms with E-state index in [4.69, 9.17) is 16.3 Å². The molecule has 0 aliphatic heterocycles. The van der Waals surface area contributed by atoms with Gasteiger partial charge >= 0.3 is 0 Å². The van der Waals surface area contributed by atoms with E-state index in [9.17, 15) is 9.18 Å². The zero-order chi connectivity index (χ0) is 18.2. The van der Waals surface area contributed by atoms with Crippen LogP contribution in [0.1, 0.15) is 18.1 Å². The van der Waals surface area contributed by atoms with Crippen LogP contribution >= 0.6 is 23.4 Å². The fourth-order valence-electron chi connectivity index (χ4n) is 2.11. The fraction of sp³-hybridized carbons (Fsp3) is 0.316. The molecule has 0 aromatic heterocycles. The Morgan fingerprint density at radius 1 is 1.28 bits per heavy atom. The maximum absolute atomic E-state index is 13.7. The van der Waals surface area contributed by atoms with Crippen LogP contribution in [0.15, 0.2) is 42.5 Å². The summed E-state index contributed by atoms with van der Waals surface area (Å²) in [5, 5.41) is 3.24. The molecule has 6 heteroatoms. The predicted octanol–water partition coefficient (Wildman–Crippen LogP) is 4.60. The predicted molar refractivity (Wildman–Crippen MR) is 102 cm³/mol. The van der Waals surface area contributed by atoms with Gasteiger partial charge in [0, 0.05) is 10.8 Å². The van der Waals surface area contributed by atoms with Gasteiger partial charge in [0.1, 0.15) is 18.2 Å². The van der Waals surface area contributed by atoms with Crippen LogP contribution in [0.2, 0.25) is 5.02 Å². The van der Waals surface area contributed by atoms with Crippen molar-refractivity contribution in [1.82, 2.24) is 5.32 Å². The Morgan fingerprint density at radius 3 is 2.68 bits per heavy atom. The smallest absolute Gasteiger partial charge is 0.230 e. The molecule has 2 aromatic carbocycles. The molecule has 25 heavy (non-hydrogen) atoms. The summed E-state index contributed by atoms with van der Waals surface area (Å²) < 4.78 is 19.3. The van der Waals surface area contributed by atoms with Crippen LogP contribution in [-0.2, 0) is 10.5 Å². The fourth-order valence-corrected chi connectivity index (χ4v) is 3.09. The minimum absolute atomic E-state index is 0.0978. The minimum atomic E-state index is -0.347. The number of rotatable bonds is 8. The van der Waals surface area contributed by atoms with Gasteiger partial charge in [0.2, 0.25) is 5.91 Å². The summed E-state index contributed by atoms with van der Waals surface area (Å²) in [6.45, 7) is 4.29. The summed E-state index contributed by atoms with van der Waals surface area (Å²) >= 11 is 7.07. The molecule has 0 aliphatic rings. The zero-order valence-electron chi connectivity index (χ0n) is 14.2. The molecule has 0 spiro atoms.